The van der Waals surface area contributed by atoms with Crippen LogP contribution in [0.3, 0.4) is 0 Å². The van der Waals surface area contributed by atoms with Crippen molar-refractivity contribution in [3.8, 4) is 0 Å². The van der Waals surface area contributed by atoms with Crippen molar-refractivity contribution in [1.29, 1.82) is 0 Å². The average molecular weight is 453 g/mol. The Bertz CT molecular complexity index is 860. The van der Waals surface area contributed by atoms with Crippen LogP contribution in [0.15, 0.2) is 42.5 Å². The third-order valence-corrected chi connectivity index (χ3v) is 6.03. The molecule has 2 aromatic carbocycles. The number of amides is 2. The predicted molar refractivity (Wildman–Crippen MR) is 122 cm³/mol. The molecule has 0 saturated heterocycles. The molecule has 0 radical (unpaired) electrons. The SMILES string of the molecule is CCNC(=O)C(C)N(Cc1ccc(Cl)cc1Cl)C(=O)CSCc1cccc(C)c1. The molecule has 0 bridgehead atoms. The molecule has 156 valence electrons. The number of rotatable bonds is 9. The van der Waals surface area contributed by atoms with E-state index < -0.39 is 6.04 Å². The quantitative estimate of drug-likeness (QED) is 0.576. The van der Waals surface area contributed by atoms with Gasteiger partial charge in [0, 0.05) is 28.9 Å². The summed E-state index contributed by atoms with van der Waals surface area (Å²) in [5.74, 6) is 0.725. The van der Waals surface area contributed by atoms with Crippen LogP contribution in [0.2, 0.25) is 10.0 Å². The van der Waals surface area contributed by atoms with Gasteiger partial charge in [-0.3, -0.25) is 9.59 Å². The highest BCUT2D eigenvalue weighted by atomic mass is 35.5. The van der Waals surface area contributed by atoms with Crippen molar-refractivity contribution in [3.05, 3.63) is 69.2 Å². The van der Waals surface area contributed by atoms with E-state index in [9.17, 15) is 9.59 Å². The first-order chi connectivity index (χ1) is 13.8. The predicted octanol–water partition coefficient (Wildman–Crippen LogP) is 5.09. The van der Waals surface area contributed by atoms with E-state index >= 15 is 0 Å². The molecular weight excluding hydrogens is 427 g/mol. The second-order valence-electron chi connectivity index (χ2n) is 6.81. The van der Waals surface area contributed by atoms with Gasteiger partial charge in [0.2, 0.25) is 11.8 Å². The summed E-state index contributed by atoms with van der Waals surface area (Å²) in [5.41, 5.74) is 3.12. The van der Waals surface area contributed by atoms with Crippen LogP contribution in [0.25, 0.3) is 0 Å². The van der Waals surface area contributed by atoms with E-state index in [2.05, 4.69) is 11.4 Å². The van der Waals surface area contributed by atoms with Crippen LogP contribution in [0.4, 0.5) is 0 Å². The first kappa shape index (κ1) is 23.6. The number of carbonyl (C=O) groups excluding carboxylic acids is 2. The number of carbonyl (C=O) groups is 2. The molecule has 0 saturated carbocycles. The zero-order valence-corrected chi connectivity index (χ0v) is 19.2. The van der Waals surface area contributed by atoms with Crippen LogP contribution in [0.1, 0.15) is 30.5 Å². The fourth-order valence-corrected chi connectivity index (χ4v) is 4.21. The van der Waals surface area contributed by atoms with Gasteiger partial charge in [-0.1, -0.05) is 59.1 Å². The van der Waals surface area contributed by atoms with Gasteiger partial charge in [-0.05, 0) is 44.0 Å². The van der Waals surface area contributed by atoms with Gasteiger partial charge < -0.3 is 10.2 Å². The first-order valence-electron chi connectivity index (χ1n) is 9.46. The second-order valence-corrected chi connectivity index (χ2v) is 8.64. The molecule has 1 atom stereocenters. The first-order valence-corrected chi connectivity index (χ1v) is 11.4. The van der Waals surface area contributed by atoms with Gasteiger partial charge in [0.15, 0.2) is 0 Å². The number of thioether (sulfide) groups is 1. The molecule has 29 heavy (non-hydrogen) atoms. The zero-order chi connectivity index (χ0) is 21.4. The number of aryl methyl sites for hydroxylation is 1. The topological polar surface area (TPSA) is 49.4 Å². The number of nitrogens with zero attached hydrogens (tertiary/aromatic N) is 1. The Labute approximate surface area is 187 Å². The third-order valence-electron chi connectivity index (χ3n) is 4.45. The Balaban J connectivity index is 2.10. The summed E-state index contributed by atoms with van der Waals surface area (Å²) in [6.07, 6.45) is 0. The molecule has 1 unspecified atom stereocenters. The molecule has 2 amide bonds. The molecule has 0 aliphatic carbocycles. The number of benzene rings is 2. The summed E-state index contributed by atoms with van der Waals surface area (Å²) in [6, 6.07) is 12.8. The lowest BCUT2D eigenvalue weighted by Crippen LogP contribution is -2.48. The minimum Gasteiger partial charge on any atom is -0.355 e. The highest BCUT2D eigenvalue weighted by molar-refractivity contribution is 7.99. The monoisotopic (exact) mass is 452 g/mol. The Morgan fingerprint density at radius 2 is 1.93 bits per heavy atom. The van der Waals surface area contributed by atoms with Crippen LogP contribution < -0.4 is 5.32 Å². The molecular formula is C22H26Cl2N2O2S. The maximum absolute atomic E-state index is 13.0. The highest BCUT2D eigenvalue weighted by Gasteiger charge is 2.26. The number of hydrogen-bond acceptors (Lipinski definition) is 3. The van der Waals surface area contributed by atoms with Crippen molar-refractivity contribution in [2.75, 3.05) is 12.3 Å². The Hall–Kier alpha value is -1.69. The van der Waals surface area contributed by atoms with Crippen LogP contribution in [-0.4, -0.2) is 35.1 Å². The van der Waals surface area contributed by atoms with Gasteiger partial charge in [0.25, 0.3) is 0 Å². The molecule has 0 heterocycles. The van der Waals surface area contributed by atoms with Crippen molar-refractivity contribution in [1.82, 2.24) is 10.2 Å². The average Bonchev–Trinajstić information content (AvgIpc) is 2.67. The number of hydrogen-bond donors (Lipinski definition) is 1. The van der Waals surface area contributed by atoms with E-state index in [0.29, 0.717) is 16.6 Å². The highest BCUT2D eigenvalue weighted by Crippen LogP contribution is 2.24. The summed E-state index contributed by atoms with van der Waals surface area (Å²) in [6.45, 7) is 6.39. The van der Waals surface area contributed by atoms with Gasteiger partial charge >= 0.3 is 0 Å². The third kappa shape index (κ3) is 7.25. The summed E-state index contributed by atoms with van der Waals surface area (Å²) in [4.78, 5) is 26.9. The van der Waals surface area contributed by atoms with Gasteiger partial charge in [-0.2, -0.15) is 0 Å². The van der Waals surface area contributed by atoms with Gasteiger partial charge in [-0.25, -0.2) is 0 Å². The standard InChI is InChI=1S/C22H26Cl2N2O2S/c1-4-25-22(28)16(3)26(12-18-8-9-19(23)11-20(18)24)21(27)14-29-13-17-7-5-6-15(2)10-17/h5-11,16H,4,12-14H2,1-3H3,(H,25,28). The molecule has 0 spiro atoms. The largest absolute Gasteiger partial charge is 0.355 e. The normalized spacial score (nSPS) is 11.8. The number of nitrogens with one attached hydrogen (secondary N) is 1. The lowest BCUT2D eigenvalue weighted by atomic mass is 10.1. The zero-order valence-electron chi connectivity index (χ0n) is 16.9. The molecule has 4 nitrogen and oxygen atoms in total. The van der Waals surface area contributed by atoms with Crippen molar-refractivity contribution >= 4 is 46.8 Å². The molecule has 7 heteroatoms. The molecule has 0 aliphatic rings. The fraction of sp³-hybridized carbons (Fsp3) is 0.364. The lowest BCUT2D eigenvalue weighted by Gasteiger charge is -2.29. The van der Waals surface area contributed by atoms with Crippen molar-refractivity contribution in [2.24, 2.45) is 0 Å². The molecule has 0 aromatic heterocycles. The van der Waals surface area contributed by atoms with Crippen molar-refractivity contribution in [3.63, 3.8) is 0 Å². The number of halogens is 2. The summed E-state index contributed by atoms with van der Waals surface area (Å²) in [7, 11) is 0. The minimum absolute atomic E-state index is 0.104. The summed E-state index contributed by atoms with van der Waals surface area (Å²) < 4.78 is 0. The van der Waals surface area contributed by atoms with Gasteiger partial charge in [0.1, 0.15) is 6.04 Å². The van der Waals surface area contributed by atoms with Crippen LogP contribution in [0, 0.1) is 6.92 Å². The van der Waals surface area contributed by atoms with Crippen LogP contribution in [-0.2, 0) is 21.9 Å². The maximum Gasteiger partial charge on any atom is 0.242 e. The summed E-state index contributed by atoms with van der Waals surface area (Å²) >= 11 is 13.8. The van der Waals surface area contributed by atoms with E-state index in [1.807, 2.05) is 32.0 Å². The Kier molecular flexibility index (Phi) is 9.34. The summed E-state index contributed by atoms with van der Waals surface area (Å²) in [5, 5.41) is 3.79. The van der Waals surface area contributed by atoms with E-state index in [4.69, 9.17) is 23.2 Å². The van der Waals surface area contributed by atoms with Crippen molar-refractivity contribution < 1.29 is 9.59 Å². The van der Waals surface area contributed by atoms with E-state index in [1.54, 1.807) is 30.0 Å². The smallest absolute Gasteiger partial charge is 0.242 e. The molecule has 2 rings (SSSR count). The van der Waals surface area contributed by atoms with E-state index in [0.717, 1.165) is 11.3 Å². The lowest BCUT2D eigenvalue weighted by molar-refractivity contribution is -0.138. The second kappa shape index (κ2) is 11.5. The molecule has 0 fully saturated rings. The molecule has 1 N–H and O–H groups in total. The molecule has 0 aliphatic heterocycles. The number of likely N-dealkylation sites (N-methyl/N-ethyl adjacent to an activating group) is 1. The Morgan fingerprint density at radius 3 is 2.59 bits per heavy atom. The van der Waals surface area contributed by atoms with Gasteiger partial charge in [0.05, 0.1) is 5.75 Å². The maximum atomic E-state index is 13.0. The Morgan fingerprint density at radius 1 is 1.17 bits per heavy atom. The van der Waals surface area contributed by atoms with Crippen LogP contribution >= 0.6 is 35.0 Å². The van der Waals surface area contributed by atoms with E-state index in [-0.39, 0.29) is 24.1 Å². The molecule has 2 aromatic rings. The van der Waals surface area contributed by atoms with Gasteiger partial charge in [-0.15, -0.1) is 11.8 Å². The minimum atomic E-state index is -0.603. The fourth-order valence-electron chi connectivity index (χ4n) is 2.88. The van der Waals surface area contributed by atoms with Crippen molar-refractivity contribution in [2.45, 2.75) is 39.1 Å². The van der Waals surface area contributed by atoms with E-state index in [1.165, 1.54) is 22.9 Å². The van der Waals surface area contributed by atoms with Crippen LogP contribution in [0.5, 0.6) is 0 Å².